The quantitative estimate of drug-likeness (QED) is 0.568. The minimum absolute atomic E-state index is 0.155. The van der Waals surface area contributed by atoms with Gasteiger partial charge in [0.05, 0.1) is 18.8 Å². The fraction of sp³-hybridized carbons (Fsp3) is 0.240. The Morgan fingerprint density at radius 2 is 1.37 bits per heavy atom. The third-order valence-corrected chi connectivity index (χ3v) is 10.3. The molecule has 0 fully saturated rings. The van der Waals surface area contributed by atoms with Gasteiger partial charge in [-0.25, -0.2) is 4.79 Å². The van der Waals surface area contributed by atoms with Crippen molar-refractivity contribution in [3.63, 3.8) is 0 Å². The molecule has 0 radical (unpaired) electrons. The Labute approximate surface area is 178 Å². The molecule has 0 spiro atoms. The molecule has 2 N–H and O–H groups in total. The van der Waals surface area contributed by atoms with Crippen molar-refractivity contribution in [2.24, 2.45) is 0 Å². The molecule has 0 atom stereocenters. The van der Waals surface area contributed by atoms with Crippen LogP contribution in [-0.2, 0) is 17.6 Å². The minimum atomic E-state index is -2.71. The van der Waals surface area contributed by atoms with Crippen LogP contribution in [0, 0.1) is 0 Å². The van der Waals surface area contributed by atoms with E-state index in [1.54, 1.807) is 6.07 Å². The van der Waals surface area contributed by atoms with Gasteiger partial charge in [0.2, 0.25) is 0 Å². The second kappa shape index (κ2) is 8.96. The first-order valence-corrected chi connectivity index (χ1v) is 11.9. The molecule has 3 aromatic rings. The van der Waals surface area contributed by atoms with Crippen LogP contribution in [0.4, 0.5) is 0 Å². The van der Waals surface area contributed by atoms with E-state index in [-0.39, 0.29) is 23.8 Å². The van der Waals surface area contributed by atoms with Crippen molar-refractivity contribution in [3.8, 4) is 0 Å². The molecule has 0 saturated carbocycles. The van der Waals surface area contributed by atoms with Gasteiger partial charge in [-0.1, -0.05) is 87.5 Å². The summed E-state index contributed by atoms with van der Waals surface area (Å²) in [5.74, 6) is -1.02. The summed E-state index contributed by atoms with van der Waals surface area (Å²) in [6, 6.07) is 25.5. The number of hydrogen-bond donors (Lipinski definition) is 2. The zero-order valence-corrected chi connectivity index (χ0v) is 18.6. The van der Waals surface area contributed by atoms with Gasteiger partial charge in [-0.3, -0.25) is 0 Å². The van der Waals surface area contributed by atoms with E-state index in [0.717, 1.165) is 5.56 Å². The maximum absolute atomic E-state index is 11.5. The molecule has 0 aliphatic carbocycles. The Bertz CT molecular complexity index is 955. The van der Waals surface area contributed by atoms with Crippen molar-refractivity contribution in [3.05, 3.63) is 95.6 Å². The van der Waals surface area contributed by atoms with E-state index < -0.39 is 14.3 Å². The van der Waals surface area contributed by atoms with Gasteiger partial charge in [0.1, 0.15) is 0 Å². The lowest BCUT2D eigenvalue weighted by atomic mass is 10.1. The van der Waals surface area contributed by atoms with E-state index in [0.29, 0.717) is 5.56 Å². The number of aliphatic hydroxyl groups excluding tert-OH is 1. The van der Waals surface area contributed by atoms with Gasteiger partial charge >= 0.3 is 5.97 Å². The molecule has 0 saturated heterocycles. The average Bonchev–Trinajstić information content (AvgIpc) is 2.74. The number of aromatic carboxylic acids is 1. The number of aliphatic hydroxyl groups is 1. The maximum atomic E-state index is 11.5. The van der Waals surface area contributed by atoms with E-state index in [2.05, 4.69) is 45.0 Å². The SMILES string of the molecule is CC(C)(C)[Si](OCc1cc(CO)cc(C(=O)O)c1)(c1ccccc1)c1ccccc1. The number of rotatable bonds is 7. The average molecular weight is 421 g/mol. The monoisotopic (exact) mass is 420 g/mol. The molecule has 156 valence electrons. The van der Waals surface area contributed by atoms with Crippen LogP contribution in [0.2, 0.25) is 5.04 Å². The van der Waals surface area contributed by atoms with Gasteiger partial charge in [-0.2, -0.15) is 0 Å². The van der Waals surface area contributed by atoms with Crippen molar-refractivity contribution in [2.75, 3.05) is 0 Å². The molecular weight excluding hydrogens is 392 g/mol. The van der Waals surface area contributed by atoms with Crippen molar-refractivity contribution < 1.29 is 19.4 Å². The Hall–Kier alpha value is -2.73. The number of carbonyl (C=O) groups is 1. The lowest BCUT2D eigenvalue weighted by molar-refractivity contribution is 0.0696. The van der Waals surface area contributed by atoms with Crippen LogP contribution >= 0.6 is 0 Å². The normalized spacial score (nSPS) is 12.0. The molecule has 4 nitrogen and oxygen atoms in total. The highest BCUT2D eigenvalue weighted by Crippen LogP contribution is 2.37. The third-order valence-electron chi connectivity index (χ3n) is 5.35. The zero-order chi connectivity index (χ0) is 21.8. The molecule has 0 aliphatic rings. The highest BCUT2D eigenvalue weighted by atomic mass is 28.4. The molecule has 0 bridgehead atoms. The standard InChI is InChI=1S/C25H28O4Si/c1-25(2,3)30(22-10-6-4-7-11-22,23-12-8-5-9-13-23)29-18-20-14-19(17-26)15-21(16-20)24(27)28/h4-16,26H,17-18H2,1-3H3,(H,27,28). The van der Waals surface area contributed by atoms with E-state index in [1.165, 1.54) is 16.4 Å². The third kappa shape index (κ3) is 4.38. The van der Waals surface area contributed by atoms with Gasteiger partial charge < -0.3 is 14.6 Å². The topological polar surface area (TPSA) is 66.8 Å². The summed E-state index contributed by atoms with van der Waals surface area (Å²) in [5, 5.41) is 21.2. The van der Waals surface area contributed by atoms with Gasteiger partial charge in [0.25, 0.3) is 8.32 Å². The van der Waals surface area contributed by atoms with E-state index in [1.807, 2.05) is 42.5 Å². The highest BCUT2D eigenvalue weighted by Gasteiger charge is 2.50. The van der Waals surface area contributed by atoms with Crippen molar-refractivity contribution >= 4 is 24.7 Å². The predicted molar refractivity (Wildman–Crippen MR) is 122 cm³/mol. The molecule has 30 heavy (non-hydrogen) atoms. The van der Waals surface area contributed by atoms with Gasteiger partial charge in [-0.05, 0) is 38.7 Å². The molecule has 0 amide bonds. The van der Waals surface area contributed by atoms with Gasteiger partial charge in [0, 0.05) is 0 Å². The minimum Gasteiger partial charge on any atom is -0.478 e. The fourth-order valence-electron chi connectivity index (χ4n) is 4.01. The molecule has 5 heteroatoms. The second-order valence-electron chi connectivity index (χ2n) is 8.45. The Morgan fingerprint density at radius 1 is 0.867 bits per heavy atom. The summed E-state index contributed by atoms with van der Waals surface area (Å²) in [5.41, 5.74) is 1.46. The number of carboxylic acids is 1. The van der Waals surface area contributed by atoms with Crippen molar-refractivity contribution in [1.82, 2.24) is 0 Å². The summed E-state index contributed by atoms with van der Waals surface area (Å²) in [7, 11) is -2.71. The second-order valence-corrected chi connectivity index (χ2v) is 12.8. The van der Waals surface area contributed by atoms with Crippen LogP contribution in [-0.4, -0.2) is 24.5 Å². The fourth-order valence-corrected chi connectivity index (χ4v) is 8.55. The van der Waals surface area contributed by atoms with Crippen molar-refractivity contribution in [1.29, 1.82) is 0 Å². The molecule has 0 aliphatic heterocycles. The summed E-state index contributed by atoms with van der Waals surface area (Å²) in [4.78, 5) is 11.5. The van der Waals surface area contributed by atoms with Crippen LogP contribution in [0.15, 0.2) is 78.9 Å². The zero-order valence-electron chi connectivity index (χ0n) is 17.6. The van der Waals surface area contributed by atoms with E-state index in [9.17, 15) is 15.0 Å². The van der Waals surface area contributed by atoms with Gasteiger partial charge in [0.15, 0.2) is 0 Å². The molecule has 0 unspecified atom stereocenters. The Kier molecular flexibility index (Phi) is 6.56. The Morgan fingerprint density at radius 3 is 1.80 bits per heavy atom. The molecule has 0 aromatic heterocycles. The molecule has 0 heterocycles. The molecule has 3 rings (SSSR count). The summed E-state index contributed by atoms with van der Waals surface area (Å²) in [6.45, 7) is 6.65. The van der Waals surface area contributed by atoms with Crippen LogP contribution in [0.5, 0.6) is 0 Å². The van der Waals surface area contributed by atoms with E-state index >= 15 is 0 Å². The predicted octanol–water partition coefficient (Wildman–Crippen LogP) is 3.95. The lowest BCUT2D eigenvalue weighted by Crippen LogP contribution is -2.66. The smallest absolute Gasteiger partial charge is 0.335 e. The first-order valence-electron chi connectivity index (χ1n) is 10.00. The summed E-state index contributed by atoms with van der Waals surface area (Å²) < 4.78 is 6.85. The van der Waals surface area contributed by atoms with Crippen LogP contribution in [0.25, 0.3) is 0 Å². The molecular formula is C25H28O4Si. The van der Waals surface area contributed by atoms with E-state index in [4.69, 9.17) is 4.43 Å². The van der Waals surface area contributed by atoms with Crippen LogP contribution < -0.4 is 10.4 Å². The number of benzene rings is 3. The Balaban J connectivity index is 2.11. The molecule has 3 aromatic carbocycles. The summed E-state index contributed by atoms with van der Waals surface area (Å²) in [6.07, 6.45) is 0. The maximum Gasteiger partial charge on any atom is 0.335 e. The first-order chi connectivity index (χ1) is 14.3. The first kappa shape index (κ1) is 22.0. The van der Waals surface area contributed by atoms with Crippen molar-refractivity contribution in [2.45, 2.75) is 39.0 Å². The largest absolute Gasteiger partial charge is 0.478 e. The van der Waals surface area contributed by atoms with Crippen LogP contribution in [0.3, 0.4) is 0 Å². The van der Waals surface area contributed by atoms with Gasteiger partial charge in [-0.15, -0.1) is 0 Å². The highest BCUT2D eigenvalue weighted by molar-refractivity contribution is 6.99. The lowest BCUT2D eigenvalue weighted by Gasteiger charge is -2.43. The van der Waals surface area contributed by atoms with Crippen LogP contribution in [0.1, 0.15) is 42.3 Å². The summed E-state index contributed by atoms with van der Waals surface area (Å²) >= 11 is 0. The number of carboxylic acid groups (broad SMARTS) is 1. The number of hydrogen-bond acceptors (Lipinski definition) is 3.